The van der Waals surface area contributed by atoms with Crippen molar-refractivity contribution in [3.05, 3.63) is 92.2 Å². The first kappa shape index (κ1) is 26.0. The zero-order chi connectivity index (χ0) is 28.3. The Morgan fingerprint density at radius 1 is 1.07 bits per heavy atom. The number of nitrogens with zero attached hydrogens (tertiary/aromatic N) is 3. The van der Waals surface area contributed by atoms with Crippen LogP contribution in [0.15, 0.2) is 41.3 Å². The number of allylic oxidation sites excluding steroid dienone is 1. The second-order valence-electron chi connectivity index (χ2n) is 10.5. The Hall–Kier alpha value is -4.25. The molecule has 0 bridgehead atoms. The molecule has 2 aliphatic rings. The number of fused-ring (bicyclic) bond motifs is 1. The molecule has 0 saturated heterocycles. The molecule has 40 heavy (non-hydrogen) atoms. The summed E-state index contributed by atoms with van der Waals surface area (Å²) in [5.74, 6) is 1.72. The van der Waals surface area contributed by atoms with E-state index in [-0.39, 0.29) is 11.2 Å². The maximum absolute atomic E-state index is 14.0. The molecule has 2 aromatic carbocycles. The molecule has 2 N–H and O–H groups in total. The van der Waals surface area contributed by atoms with E-state index in [1.54, 1.807) is 52.1 Å². The minimum atomic E-state index is -3.52. The van der Waals surface area contributed by atoms with E-state index in [1.165, 1.54) is 12.1 Å². The molecule has 0 amide bonds. The van der Waals surface area contributed by atoms with Crippen molar-refractivity contribution >= 4 is 27.4 Å². The molecule has 9 nitrogen and oxygen atoms in total. The number of sulfonamides is 1. The van der Waals surface area contributed by atoms with Gasteiger partial charge in [0.05, 0.1) is 22.3 Å². The van der Waals surface area contributed by atoms with Gasteiger partial charge in [-0.25, -0.2) is 17.8 Å². The van der Waals surface area contributed by atoms with E-state index < -0.39 is 15.3 Å². The molecule has 1 saturated carbocycles. The SMILES string of the molecule is Cc1nc(C2=Cc3c(c(=O)c(C)cn3-c3cc(NS(=O)(=O)C4CC4)ccc3Oc3c(C)cc(F)cc3C)C2)n[nH]1. The fourth-order valence-corrected chi connectivity index (χ4v) is 6.41. The molecule has 2 aliphatic carbocycles. The minimum Gasteiger partial charge on any atom is -0.455 e. The Morgan fingerprint density at radius 2 is 1.80 bits per heavy atom. The van der Waals surface area contributed by atoms with Crippen LogP contribution in [0.25, 0.3) is 17.3 Å². The van der Waals surface area contributed by atoms with Crippen molar-refractivity contribution in [1.29, 1.82) is 0 Å². The summed E-state index contributed by atoms with van der Waals surface area (Å²) in [6.07, 6.45) is 5.21. The van der Waals surface area contributed by atoms with E-state index in [0.29, 0.717) is 81.7 Å². The molecule has 0 unspecified atom stereocenters. The van der Waals surface area contributed by atoms with Crippen LogP contribution in [0.2, 0.25) is 0 Å². The van der Waals surface area contributed by atoms with Crippen molar-refractivity contribution in [1.82, 2.24) is 19.7 Å². The average molecular weight is 562 g/mol. The lowest BCUT2D eigenvalue weighted by molar-refractivity contribution is 0.470. The lowest BCUT2D eigenvalue weighted by Gasteiger charge is -2.20. The normalized spacial score (nSPS) is 14.7. The minimum absolute atomic E-state index is 0.0805. The van der Waals surface area contributed by atoms with Gasteiger partial charge < -0.3 is 9.30 Å². The van der Waals surface area contributed by atoms with Crippen LogP contribution in [-0.2, 0) is 16.4 Å². The van der Waals surface area contributed by atoms with E-state index in [1.807, 2.05) is 10.6 Å². The monoisotopic (exact) mass is 561 g/mol. The molecule has 0 spiro atoms. The fourth-order valence-electron chi connectivity index (χ4n) is 5.03. The van der Waals surface area contributed by atoms with Gasteiger partial charge in [-0.3, -0.25) is 14.6 Å². The molecule has 2 heterocycles. The molecule has 1 fully saturated rings. The van der Waals surface area contributed by atoms with Gasteiger partial charge in [0.25, 0.3) is 0 Å². The smallest absolute Gasteiger partial charge is 0.235 e. The first-order chi connectivity index (χ1) is 19.0. The molecule has 11 heteroatoms. The van der Waals surface area contributed by atoms with Crippen molar-refractivity contribution < 1.29 is 17.5 Å². The van der Waals surface area contributed by atoms with Gasteiger partial charge in [0, 0.05) is 29.3 Å². The average Bonchev–Trinajstić information content (AvgIpc) is 3.53. The van der Waals surface area contributed by atoms with Crippen LogP contribution in [0.1, 0.15) is 52.4 Å². The van der Waals surface area contributed by atoms with E-state index in [9.17, 15) is 17.6 Å². The highest BCUT2D eigenvalue weighted by molar-refractivity contribution is 7.93. The predicted octanol–water partition coefficient (Wildman–Crippen LogP) is 5.12. The van der Waals surface area contributed by atoms with E-state index >= 15 is 0 Å². The number of hydrogen-bond acceptors (Lipinski definition) is 6. The second-order valence-corrected chi connectivity index (χ2v) is 12.4. The second kappa shape index (κ2) is 9.44. The number of ether oxygens (including phenoxy) is 1. The number of pyridine rings is 1. The molecule has 0 aliphatic heterocycles. The first-order valence-electron chi connectivity index (χ1n) is 13.0. The number of nitrogens with one attached hydrogen (secondary N) is 2. The van der Waals surface area contributed by atoms with Crippen LogP contribution in [0.3, 0.4) is 0 Å². The van der Waals surface area contributed by atoms with Crippen LogP contribution in [0.4, 0.5) is 10.1 Å². The molecule has 6 rings (SSSR count). The Morgan fingerprint density at radius 3 is 2.45 bits per heavy atom. The quantitative estimate of drug-likeness (QED) is 0.323. The van der Waals surface area contributed by atoms with Crippen molar-refractivity contribution in [2.75, 3.05) is 4.72 Å². The molecule has 0 radical (unpaired) electrons. The number of aryl methyl sites for hydroxylation is 4. The van der Waals surface area contributed by atoms with Crippen molar-refractivity contribution in [2.24, 2.45) is 0 Å². The summed E-state index contributed by atoms with van der Waals surface area (Å²) in [7, 11) is -3.52. The Labute approximate surface area is 230 Å². The summed E-state index contributed by atoms with van der Waals surface area (Å²) >= 11 is 0. The Bertz CT molecular complexity index is 1860. The highest BCUT2D eigenvalue weighted by atomic mass is 32.2. The maximum Gasteiger partial charge on any atom is 0.235 e. The largest absolute Gasteiger partial charge is 0.455 e. The predicted molar refractivity (Wildman–Crippen MR) is 151 cm³/mol. The highest BCUT2D eigenvalue weighted by Gasteiger charge is 2.36. The number of H-pyrrole nitrogens is 1. The maximum atomic E-state index is 14.0. The third kappa shape index (κ3) is 4.70. The lowest BCUT2D eigenvalue weighted by Crippen LogP contribution is -2.19. The van der Waals surface area contributed by atoms with Crippen LogP contribution in [0, 0.1) is 33.5 Å². The summed E-state index contributed by atoms with van der Waals surface area (Å²) in [6, 6.07) is 7.81. The van der Waals surface area contributed by atoms with Crippen molar-refractivity contribution in [3.8, 4) is 17.2 Å². The number of halogens is 1. The summed E-state index contributed by atoms with van der Waals surface area (Å²) in [5.41, 5.74) is 4.56. The van der Waals surface area contributed by atoms with Crippen LogP contribution in [0.5, 0.6) is 11.5 Å². The van der Waals surface area contributed by atoms with E-state index in [4.69, 9.17) is 4.74 Å². The summed E-state index contributed by atoms with van der Waals surface area (Å²) in [6.45, 7) is 7.07. The molecule has 0 atom stereocenters. The number of hydrogen-bond donors (Lipinski definition) is 2. The van der Waals surface area contributed by atoms with Crippen LogP contribution in [-0.4, -0.2) is 33.4 Å². The number of anilines is 1. The number of aromatic amines is 1. The molecule has 2 aromatic heterocycles. The summed E-state index contributed by atoms with van der Waals surface area (Å²) < 4.78 is 50.4. The van der Waals surface area contributed by atoms with Gasteiger partial charge in [0.2, 0.25) is 10.0 Å². The first-order valence-corrected chi connectivity index (χ1v) is 14.5. The fraction of sp³-hybridized carbons (Fsp3) is 0.276. The number of rotatable bonds is 7. The number of benzene rings is 2. The van der Waals surface area contributed by atoms with E-state index in [0.717, 1.165) is 5.57 Å². The van der Waals surface area contributed by atoms with Gasteiger partial charge in [-0.15, -0.1) is 0 Å². The Balaban J connectivity index is 1.53. The summed E-state index contributed by atoms with van der Waals surface area (Å²) in [5, 5.41) is 6.71. The topological polar surface area (TPSA) is 119 Å². The molecular formula is C29H28FN5O4S. The van der Waals surface area contributed by atoms with Crippen molar-refractivity contribution in [3.63, 3.8) is 0 Å². The highest BCUT2D eigenvalue weighted by Crippen LogP contribution is 2.38. The molecule has 206 valence electrons. The van der Waals surface area contributed by atoms with E-state index in [2.05, 4.69) is 19.9 Å². The zero-order valence-corrected chi connectivity index (χ0v) is 23.3. The molecular weight excluding hydrogens is 533 g/mol. The van der Waals surface area contributed by atoms with Crippen LogP contribution >= 0.6 is 0 Å². The third-order valence-electron chi connectivity index (χ3n) is 7.17. The standard InChI is InChI=1S/C29H28FN5O4S/c1-15-9-20(30)10-16(2)28(15)39-26-8-5-21(34-40(37,38)22-6-7-22)13-25(26)35-14-17(3)27(36)23-11-19(12-24(23)35)29-31-18(4)32-33-29/h5,8-10,12-14,22,34H,6-7,11H2,1-4H3,(H,31,32,33). The van der Waals surface area contributed by atoms with Crippen molar-refractivity contribution in [2.45, 2.75) is 52.2 Å². The lowest BCUT2D eigenvalue weighted by atomic mass is 10.1. The Kier molecular flexibility index (Phi) is 6.14. The van der Waals surface area contributed by atoms with Gasteiger partial charge in [-0.1, -0.05) is 0 Å². The van der Waals surface area contributed by atoms with Gasteiger partial charge in [-0.2, -0.15) is 5.10 Å². The third-order valence-corrected chi connectivity index (χ3v) is 9.03. The van der Waals surface area contributed by atoms with Gasteiger partial charge in [0.1, 0.15) is 17.4 Å². The zero-order valence-electron chi connectivity index (χ0n) is 22.5. The van der Waals surface area contributed by atoms with Crippen LogP contribution < -0.4 is 14.9 Å². The summed E-state index contributed by atoms with van der Waals surface area (Å²) in [4.78, 5) is 17.6. The van der Waals surface area contributed by atoms with Gasteiger partial charge in [-0.05, 0) is 88.1 Å². The molecule has 4 aromatic rings. The van der Waals surface area contributed by atoms with Gasteiger partial charge in [0.15, 0.2) is 17.0 Å². The number of aromatic nitrogens is 4. The van der Waals surface area contributed by atoms with Gasteiger partial charge >= 0.3 is 0 Å².